The highest BCUT2D eigenvalue weighted by molar-refractivity contribution is 9.10. The third kappa shape index (κ3) is 4.13. The van der Waals surface area contributed by atoms with Crippen molar-refractivity contribution in [1.29, 1.82) is 0 Å². The molecule has 2 N–H and O–H groups in total. The molecule has 30 heavy (non-hydrogen) atoms. The molecule has 6 nitrogen and oxygen atoms in total. The van der Waals surface area contributed by atoms with E-state index in [0.29, 0.717) is 55.7 Å². The van der Waals surface area contributed by atoms with E-state index in [1.165, 1.54) is 0 Å². The van der Waals surface area contributed by atoms with Crippen molar-refractivity contribution < 1.29 is 19.1 Å². The molecule has 0 bridgehead atoms. The number of amides is 1. The molecule has 0 aliphatic rings. The summed E-state index contributed by atoms with van der Waals surface area (Å²) in [5.74, 6) is 0.778. The van der Waals surface area contributed by atoms with E-state index in [1.54, 1.807) is 54.6 Å². The van der Waals surface area contributed by atoms with Gasteiger partial charge in [0.25, 0.3) is 5.91 Å². The van der Waals surface area contributed by atoms with E-state index in [0.717, 1.165) is 0 Å². The van der Waals surface area contributed by atoms with Crippen LogP contribution in [-0.4, -0.2) is 22.6 Å². The van der Waals surface area contributed by atoms with E-state index in [9.17, 15) is 9.90 Å². The number of phenols is 1. The highest BCUT2D eigenvalue weighted by atomic mass is 79.9. The van der Waals surface area contributed by atoms with Gasteiger partial charge in [0.2, 0.25) is 5.89 Å². The largest absolute Gasteiger partial charge is 0.507 e. The number of nitrogens with one attached hydrogen (secondary N) is 1. The molecule has 0 fully saturated rings. The lowest BCUT2D eigenvalue weighted by atomic mass is 10.2. The minimum Gasteiger partial charge on any atom is -0.507 e. The number of fused-ring (bicyclic) bond motifs is 1. The summed E-state index contributed by atoms with van der Waals surface area (Å²) in [5.41, 5.74) is 2.88. The highest BCUT2D eigenvalue weighted by Gasteiger charge is 2.13. The molecule has 1 heterocycles. The van der Waals surface area contributed by atoms with Crippen LogP contribution in [0.1, 0.15) is 17.3 Å². The van der Waals surface area contributed by atoms with E-state index in [2.05, 4.69) is 26.2 Å². The van der Waals surface area contributed by atoms with Gasteiger partial charge in [0.15, 0.2) is 5.58 Å². The molecule has 0 aliphatic carbocycles. The smallest absolute Gasteiger partial charge is 0.255 e. The summed E-state index contributed by atoms with van der Waals surface area (Å²) in [6.45, 7) is 2.36. The summed E-state index contributed by atoms with van der Waals surface area (Å²) in [5, 5.41) is 12.9. The molecule has 0 unspecified atom stereocenters. The van der Waals surface area contributed by atoms with E-state index >= 15 is 0 Å². The number of anilines is 1. The van der Waals surface area contributed by atoms with E-state index in [-0.39, 0.29) is 11.7 Å². The monoisotopic (exact) mass is 486 g/mol. The summed E-state index contributed by atoms with van der Waals surface area (Å²) in [6, 6.07) is 15.1. The van der Waals surface area contributed by atoms with Gasteiger partial charge in [-0.05, 0) is 77.5 Å². The summed E-state index contributed by atoms with van der Waals surface area (Å²) < 4.78 is 11.7. The van der Waals surface area contributed by atoms with Crippen molar-refractivity contribution in [3.63, 3.8) is 0 Å². The Morgan fingerprint density at radius 1 is 1.20 bits per heavy atom. The molecule has 0 radical (unpaired) electrons. The molecule has 0 saturated carbocycles. The highest BCUT2D eigenvalue weighted by Crippen LogP contribution is 2.32. The topological polar surface area (TPSA) is 84.6 Å². The average molecular weight is 488 g/mol. The van der Waals surface area contributed by atoms with Crippen molar-refractivity contribution >= 4 is 50.2 Å². The Kier molecular flexibility index (Phi) is 5.65. The van der Waals surface area contributed by atoms with E-state index in [1.807, 2.05) is 6.92 Å². The van der Waals surface area contributed by atoms with Crippen LogP contribution >= 0.6 is 27.5 Å². The normalized spacial score (nSPS) is 10.9. The third-order valence-corrected chi connectivity index (χ3v) is 5.26. The number of ether oxygens (including phenoxy) is 1. The minimum absolute atomic E-state index is 0.134. The number of aromatic hydroxyl groups is 1. The number of hydrogen-bond donors (Lipinski definition) is 2. The molecule has 0 spiro atoms. The van der Waals surface area contributed by atoms with Crippen LogP contribution < -0.4 is 10.1 Å². The number of carbonyl (C=O) groups excluding carboxylic acids is 1. The molecule has 0 saturated heterocycles. The fraction of sp³-hybridized carbons (Fsp3) is 0.0909. The van der Waals surface area contributed by atoms with Crippen molar-refractivity contribution in [3.8, 4) is 23.0 Å². The SMILES string of the molecule is CCOc1ccc(C(=O)Nc2ccc3oc(-c4ccc(O)c(Br)c4)nc3c2)cc1Cl. The van der Waals surface area contributed by atoms with Crippen LogP contribution in [0, 0.1) is 0 Å². The molecule has 0 atom stereocenters. The van der Waals surface area contributed by atoms with E-state index < -0.39 is 0 Å². The Hall–Kier alpha value is -3.03. The Bertz CT molecular complexity index is 1260. The Morgan fingerprint density at radius 2 is 2.03 bits per heavy atom. The van der Waals surface area contributed by atoms with Gasteiger partial charge in [0.1, 0.15) is 17.0 Å². The quantitative estimate of drug-likeness (QED) is 0.347. The number of halogens is 2. The van der Waals surface area contributed by atoms with Crippen LogP contribution in [0.3, 0.4) is 0 Å². The fourth-order valence-electron chi connectivity index (χ4n) is 2.89. The predicted octanol–water partition coefficient (Wildman–Crippen LogP) is 6.27. The number of oxazole rings is 1. The van der Waals surface area contributed by atoms with Crippen LogP contribution in [0.15, 0.2) is 63.5 Å². The summed E-state index contributed by atoms with van der Waals surface area (Å²) in [6.07, 6.45) is 0. The first-order chi connectivity index (χ1) is 14.4. The molecule has 4 rings (SSSR count). The van der Waals surface area contributed by atoms with Crippen molar-refractivity contribution in [1.82, 2.24) is 4.98 Å². The molecule has 4 aromatic rings. The number of rotatable bonds is 5. The molecule has 152 valence electrons. The Morgan fingerprint density at radius 3 is 2.77 bits per heavy atom. The van der Waals surface area contributed by atoms with Crippen LogP contribution in [-0.2, 0) is 0 Å². The van der Waals surface area contributed by atoms with Gasteiger partial charge in [-0.25, -0.2) is 4.98 Å². The van der Waals surface area contributed by atoms with E-state index in [4.69, 9.17) is 20.8 Å². The Labute approximate surface area is 185 Å². The molecule has 8 heteroatoms. The average Bonchev–Trinajstić information content (AvgIpc) is 3.15. The lowest BCUT2D eigenvalue weighted by Gasteiger charge is -2.08. The summed E-state index contributed by atoms with van der Waals surface area (Å²) >= 11 is 9.45. The lowest BCUT2D eigenvalue weighted by molar-refractivity contribution is 0.102. The second kappa shape index (κ2) is 8.38. The van der Waals surface area contributed by atoms with Crippen molar-refractivity contribution in [3.05, 3.63) is 69.7 Å². The standard InChI is InChI=1S/C22H16BrClN2O4/c1-2-29-19-7-4-12(10-16(19)24)21(28)25-14-5-8-20-17(11-14)26-22(30-20)13-3-6-18(27)15(23)9-13/h3-11,27H,2H2,1H3,(H,25,28). The second-order valence-corrected chi connectivity index (χ2v) is 7.66. The first-order valence-electron chi connectivity index (χ1n) is 9.08. The van der Waals surface area contributed by atoms with Crippen molar-refractivity contribution in [2.45, 2.75) is 6.92 Å². The van der Waals surface area contributed by atoms with Crippen LogP contribution in [0.25, 0.3) is 22.6 Å². The molecule has 1 amide bonds. The number of hydrogen-bond acceptors (Lipinski definition) is 5. The van der Waals surface area contributed by atoms with Crippen molar-refractivity contribution in [2.24, 2.45) is 0 Å². The van der Waals surface area contributed by atoms with Gasteiger partial charge in [-0.1, -0.05) is 11.6 Å². The molecular formula is C22H16BrClN2O4. The maximum Gasteiger partial charge on any atom is 0.255 e. The van der Waals surface area contributed by atoms with Gasteiger partial charge >= 0.3 is 0 Å². The number of benzene rings is 3. The number of aromatic nitrogens is 1. The molecule has 1 aromatic heterocycles. The minimum atomic E-state index is -0.300. The molecule has 0 aliphatic heterocycles. The van der Waals surface area contributed by atoms with Gasteiger partial charge in [-0.3, -0.25) is 4.79 Å². The zero-order valence-electron chi connectivity index (χ0n) is 15.8. The fourth-order valence-corrected chi connectivity index (χ4v) is 3.50. The van der Waals surface area contributed by atoms with Gasteiger partial charge in [-0.15, -0.1) is 0 Å². The van der Waals surface area contributed by atoms with Crippen LogP contribution in [0.4, 0.5) is 5.69 Å². The first-order valence-corrected chi connectivity index (χ1v) is 10.2. The van der Waals surface area contributed by atoms with Gasteiger partial charge < -0.3 is 19.6 Å². The second-order valence-electron chi connectivity index (χ2n) is 6.40. The zero-order valence-corrected chi connectivity index (χ0v) is 18.1. The summed E-state index contributed by atoms with van der Waals surface area (Å²) in [4.78, 5) is 17.1. The van der Waals surface area contributed by atoms with Crippen LogP contribution in [0.5, 0.6) is 11.5 Å². The number of nitrogens with zero attached hydrogens (tertiary/aromatic N) is 1. The maximum absolute atomic E-state index is 12.6. The third-order valence-electron chi connectivity index (χ3n) is 4.33. The Balaban J connectivity index is 1.57. The number of carbonyl (C=O) groups is 1. The predicted molar refractivity (Wildman–Crippen MR) is 119 cm³/mol. The van der Waals surface area contributed by atoms with Gasteiger partial charge in [0.05, 0.1) is 16.1 Å². The maximum atomic E-state index is 12.6. The van der Waals surface area contributed by atoms with Crippen LogP contribution in [0.2, 0.25) is 5.02 Å². The van der Waals surface area contributed by atoms with Gasteiger partial charge in [0, 0.05) is 16.8 Å². The zero-order chi connectivity index (χ0) is 21.3. The molecular weight excluding hydrogens is 472 g/mol. The summed E-state index contributed by atoms with van der Waals surface area (Å²) in [7, 11) is 0. The molecule has 3 aromatic carbocycles. The van der Waals surface area contributed by atoms with Crippen molar-refractivity contribution in [2.75, 3.05) is 11.9 Å². The number of phenolic OH excluding ortho intramolecular Hbond substituents is 1. The lowest BCUT2D eigenvalue weighted by Crippen LogP contribution is -2.11. The van der Waals surface area contributed by atoms with Gasteiger partial charge in [-0.2, -0.15) is 0 Å². The first kappa shape index (κ1) is 20.3.